The second kappa shape index (κ2) is 6.00. The number of fused-ring (bicyclic) bond motifs is 1. The summed E-state index contributed by atoms with van der Waals surface area (Å²) >= 11 is 0. The topological polar surface area (TPSA) is 39.3 Å². The van der Waals surface area contributed by atoms with Crippen LogP contribution in [0.4, 0.5) is 0 Å². The first-order valence-corrected chi connectivity index (χ1v) is 7.63. The molecule has 21 heavy (non-hydrogen) atoms. The summed E-state index contributed by atoms with van der Waals surface area (Å²) in [6.45, 7) is 2.62. The molecule has 1 unspecified atom stereocenters. The van der Waals surface area contributed by atoms with Gasteiger partial charge >= 0.3 is 0 Å². The number of para-hydroxylation sites is 1. The van der Waals surface area contributed by atoms with Gasteiger partial charge in [-0.1, -0.05) is 18.2 Å². The molecule has 0 aliphatic carbocycles. The predicted octanol–water partition coefficient (Wildman–Crippen LogP) is 2.38. The number of hydrogen-bond donors (Lipinski definition) is 1. The van der Waals surface area contributed by atoms with E-state index in [0.717, 1.165) is 23.0 Å². The molecule has 4 nitrogen and oxygen atoms in total. The number of likely N-dealkylation sites (N-methyl/N-ethyl adjacent to an activating group) is 2. The highest BCUT2D eigenvalue weighted by Gasteiger charge is 2.23. The highest BCUT2D eigenvalue weighted by Crippen LogP contribution is 2.19. The first kappa shape index (κ1) is 14.3. The van der Waals surface area contributed by atoms with Gasteiger partial charge in [-0.25, -0.2) is 0 Å². The summed E-state index contributed by atoms with van der Waals surface area (Å²) in [7, 11) is 4.21. The van der Waals surface area contributed by atoms with Gasteiger partial charge in [-0.05, 0) is 39.5 Å². The van der Waals surface area contributed by atoms with E-state index >= 15 is 0 Å². The van der Waals surface area contributed by atoms with Gasteiger partial charge in [0.2, 0.25) is 0 Å². The largest absolute Gasteiger partial charge is 0.360 e. The SMILES string of the molecule is CN(CC(=O)c1c[nH]c2ccccc12)CC1CCCN1C. The lowest BCUT2D eigenvalue weighted by Gasteiger charge is -2.25. The van der Waals surface area contributed by atoms with E-state index in [2.05, 4.69) is 21.8 Å². The number of benzene rings is 1. The van der Waals surface area contributed by atoms with Crippen LogP contribution in [0, 0.1) is 0 Å². The van der Waals surface area contributed by atoms with Gasteiger partial charge in [0.25, 0.3) is 0 Å². The van der Waals surface area contributed by atoms with Crippen LogP contribution in [0.15, 0.2) is 30.5 Å². The number of likely N-dealkylation sites (tertiary alicyclic amines) is 1. The fourth-order valence-electron chi connectivity index (χ4n) is 3.27. The molecule has 1 saturated heterocycles. The number of aromatic nitrogens is 1. The van der Waals surface area contributed by atoms with Crippen molar-refractivity contribution in [3.63, 3.8) is 0 Å². The van der Waals surface area contributed by atoms with Crippen molar-refractivity contribution in [1.29, 1.82) is 0 Å². The average molecular weight is 285 g/mol. The minimum absolute atomic E-state index is 0.190. The maximum absolute atomic E-state index is 12.5. The third-order valence-corrected chi connectivity index (χ3v) is 4.50. The van der Waals surface area contributed by atoms with E-state index in [4.69, 9.17) is 0 Å². The van der Waals surface area contributed by atoms with Gasteiger partial charge in [-0.3, -0.25) is 9.69 Å². The van der Waals surface area contributed by atoms with Crippen LogP contribution >= 0.6 is 0 Å². The summed E-state index contributed by atoms with van der Waals surface area (Å²) in [6, 6.07) is 8.55. The molecule has 1 aliphatic rings. The Morgan fingerprint density at radius 1 is 1.43 bits per heavy atom. The Hall–Kier alpha value is -1.65. The van der Waals surface area contributed by atoms with E-state index in [1.807, 2.05) is 37.5 Å². The molecular weight excluding hydrogens is 262 g/mol. The zero-order valence-electron chi connectivity index (χ0n) is 12.8. The second-order valence-corrected chi connectivity index (χ2v) is 6.14. The maximum atomic E-state index is 12.5. The Morgan fingerprint density at radius 3 is 3.00 bits per heavy atom. The van der Waals surface area contributed by atoms with Gasteiger partial charge in [-0.15, -0.1) is 0 Å². The van der Waals surface area contributed by atoms with E-state index in [1.165, 1.54) is 19.4 Å². The van der Waals surface area contributed by atoms with Crippen LogP contribution in [-0.2, 0) is 0 Å². The number of nitrogens with one attached hydrogen (secondary N) is 1. The molecule has 1 aliphatic heterocycles. The molecule has 1 atom stereocenters. The molecule has 0 bridgehead atoms. The molecule has 112 valence electrons. The molecule has 2 aromatic rings. The summed E-state index contributed by atoms with van der Waals surface area (Å²) in [5, 5.41) is 1.02. The van der Waals surface area contributed by atoms with Crippen molar-refractivity contribution >= 4 is 16.7 Å². The third kappa shape index (κ3) is 3.01. The van der Waals surface area contributed by atoms with Crippen molar-refractivity contribution in [2.24, 2.45) is 0 Å². The Bertz CT molecular complexity index is 634. The molecule has 3 rings (SSSR count). The van der Waals surface area contributed by atoms with Gasteiger partial charge in [0.05, 0.1) is 6.54 Å². The number of aromatic amines is 1. The van der Waals surface area contributed by atoms with E-state index in [0.29, 0.717) is 12.6 Å². The Labute approximate surface area is 125 Å². The fraction of sp³-hybridized carbons (Fsp3) is 0.471. The van der Waals surface area contributed by atoms with Crippen molar-refractivity contribution in [2.45, 2.75) is 18.9 Å². The minimum atomic E-state index is 0.190. The molecule has 0 amide bonds. The molecule has 4 heteroatoms. The molecule has 2 heterocycles. The lowest BCUT2D eigenvalue weighted by molar-refractivity contribution is 0.0934. The molecule has 1 aromatic carbocycles. The Kier molecular flexibility index (Phi) is 4.08. The van der Waals surface area contributed by atoms with Crippen molar-refractivity contribution < 1.29 is 4.79 Å². The number of Topliss-reactive ketones (excluding diaryl/α,β-unsaturated/α-hetero) is 1. The molecule has 1 fully saturated rings. The zero-order chi connectivity index (χ0) is 14.8. The van der Waals surface area contributed by atoms with E-state index in [9.17, 15) is 4.79 Å². The van der Waals surface area contributed by atoms with Gasteiger partial charge in [-0.2, -0.15) is 0 Å². The summed E-state index contributed by atoms with van der Waals surface area (Å²) in [4.78, 5) is 20.2. The first-order valence-electron chi connectivity index (χ1n) is 7.63. The Morgan fingerprint density at radius 2 is 2.24 bits per heavy atom. The van der Waals surface area contributed by atoms with Crippen molar-refractivity contribution in [3.8, 4) is 0 Å². The van der Waals surface area contributed by atoms with Crippen LogP contribution in [0.1, 0.15) is 23.2 Å². The summed E-state index contributed by atoms with van der Waals surface area (Å²) < 4.78 is 0. The van der Waals surface area contributed by atoms with Crippen molar-refractivity contribution in [3.05, 3.63) is 36.0 Å². The highest BCUT2D eigenvalue weighted by atomic mass is 16.1. The van der Waals surface area contributed by atoms with Crippen molar-refractivity contribution in [1.82, 2.24) is 14.8 Å². The van der Waals surface area contributed by atoms with Gasteiger partial charge in [0.15, 0.2) is 5.78 Å². The predicted molar refractivity (Wildman–Crippen MR) is 85.8 cm³/mol. The van der Waals surface area contributed by atoms with E-state index in [1.54, 1.807) is 0 Å². The number of ketones is 1. The van der Waals surface area contributed by atoms with E-state index < -0.39 is 0 Å². The maximum Gasteiger partial charge on any atom is 0.178 e. The van der Waals surface area contributed by atoms with Crippen molar-refractivity contribution in [2.75, 3.05) is 33.7 Å². The standard InChI is InChI=1S/C17H23N3O/c1-19(11-13-6-5-9-20(13)2)12-17(21)15-10-18-16-8-4-3-7-14(15)16/h3-4,7-8,10,13,18H,5-6,9,11-12H2,1-2H3. The quantitative estimate of drug-likeness (QED) is 0.857. The highest BCUT2D eigenvalue weighted by molar-refractivity contribution is 6.08. The molecule has 1 aromatic heterocycles. The normalized spacial score (nSPS) is 19.7. The molecule has 0 saturated carbocycles. The smallest absolute Gasteiger partial charge is 0.178 e. The van der Waals surface area contributed by atoms with Crippen LogP contribution in [0.3, 0.4) is 0 Å². The van der Waals surface area contributed by atoms with Crippen LogP contribution in [0.5, 0.6) is 0 Å². The average Bonchev–Trinajstić information content (AvgIpc) is 3.05. The lowest BCUT2D eigenvalue weighted by Crippen LogP contribution is -2.38. The van der Waals surface area contributed by atoms with E-state index in [-0.39, 0.29) is 5.78 Å². The number of rotatable bonds is 5. The van der Waals surface area contributed by atoms with Gasteiger partial charge < -0.3 is 9.88 Å². The third-order valence-electron chi connectivity index (χ3n) is 4.50. The number of hydrogen-bond acceptors (Lipinski definition) is 3. The number of nitrogens with zero attached hydrogens (tertiary/aromatic N) is 2. The summed E-state index contributed by atoms with van der Waals surface area (Å²) in [6.07, 6.45) is 4.34. The van der Waals surface area contributed by atoms with Crippen LogP contribution in [-0.4, -0.2) is 60.3 Å². The molecule has 0 spiro atoms. The van der Waals surface area contributed by atoms with Crippen LogP contribution < -0.4 is 0 Å². The monoisotopic (exact) mass is 285 g/mol. The summed E-state index contributed by atoms with van der Waals surface area (Å²) in [5.41, 5.74) is 1.83. The van der Waals surface area contributed by atoms with Crippen LogP contribution in [0.2, 0.25) is 0 Å². The number of carbonyl (C=O) groups is 1. The Balaban J connectivity index is 1.65. The lowest BCUT2D eigenvalue weighted by atomic mass is 10.1. The molecule has 1 N–H and O–H groups in total. The number of H-pyrrole nitrogens is 1. The van der Waals surface area contributed by atoms with Crippen LogP contribution in [0.25, 0.3) is 10.9 Å². The first-order chi connectivity index (χ1) is 10.1. The minimum Gasteiger partial charge on any atom is -0.360 e. The molecular formula is C17H23N3O. The molecule has 0 radical (unpaired) electrons. The van der Waals surface area contributed by atoms with Gasteiger partial charge in [0, 0.05) is 35.2 Å². The zero-order valence-corrected chi connectivity index (χ0v) is 12.8. The second-order valence-electron chi connectivity index (χ2n) is 6.14. The fourth-order valence-corrected chi connectivity index (χ4v) is 3.27. The van der Waals surface area contributed by atoms with Gasteiger partial charge in [0.1, 0.15) is 0 Å². The number of carbonyl (C=O) groups excluding carboxylic acids is 1. The summed E-state index contributed by atoms with van der Waals surface area (Å²) in [5.74, 6) is 0.190.